The number of aromatic nitrogens is 1. The number of para-hydroxylation sites is 1. The zero-order chi connectivity index (χ0) is 15.5. The molecule has 0 fully saturated rings. The maximum atomic E-state index is 12.5. The van der Waals surface area contributed by atoms with Gasteiger partial charge in [0.05, 0.1) is 0 Å². The largest absolute Gasteiger partial charge is 0.338 e. The molecular formula is C18H21N3O. The molecule has 0 aliphatic carbocycles. The van der Waals surface area contributed by atoms with E-state index in [1.807, 2.05) is 32.0 Å². The highest BCUT2D eigenvalue weighted by molar-refractivity contribution is 5.92. The van der Waals surface area contributed by atoms with Crippen molar-refractivity contribution in [2.45, 2.75) is 20.3 Å². The Balaban J connectivity index is 1.91. The van der Waals surface area contributed by atoms with Gasteiger partial charge in [0.2, 0.25) is 0 Å². The second kappa shape index (κ2) is 6.18. The molecule has 3 rings (SSSR count). The molecule has 0 radical (unpaired) electrons. The van der Waals surface area contributed by atoms with Crippen LogP contribution in [0.15, 0.2) is 42.5 Å². The summed E-state index contributed by atoms with van der Waals surface area (Å²) in [5, 5.41) is 0. The van der Waals surface area contributed by atoms with Gasteiger partial charge in [-0.2, -0.15) is 0 Å². The smallest absolute Gasteiger partial charge is 0.272 e. The number of rotatable bonds is 4. The molecule has 1 aromatic heterocycles. The predicted octanol–water partition coefficient (Wildman–Crippen LogP) is 3.26. The van der Waals surface area contributed by atoms with Crippen molar-refractivity contribution in [3.63, 3.8) is 0 Å². The second-order valence-corrected chi connectivity index (χ2v) is 5.39. The minimum atomic E-state index is -0.000618. The van der Waals surface area contributed by atoms with E-state index in [9.17, 15) is 4.79 Å². The quantitative estimate of drug-likeness (QED) is 0.868. The van der Waals surface area contributed by atoms with E-state index in [1.54, 1.807) is 11.0 Å². The lowest BCUT2D eigenvalue weighted by atomic mass is 10.2. The Bertz CT molecular complexity index is 680. The third-order valence-corrected chi connectivity index (χ3v) is 4.17. The van der Waals surface area contributed by atoms with Crippen LogP contribution in [0.3, 0.4) is 0 Å². The molecule has 4 nitrogen and oxygen atoms in total. The fourth-order valence-electron chi connectivity index (χ4n) is 2.94. The van der Waals surface area contributed by atoms with Gasteiger partial charge in [0, 0.05) is 25.3 Å². The van der Waals surface area contributed by atoms with E-state index in [2.05, 4.69) is 28.1 Å². The van der Waals surface area contributed by atoms with Gasteiger partial charge in [0.1, 0.15) is 11.5 Å². The van der Waals surface area contributed by atoms with Crippen molar-refractivity contribution in [2.24, 2.45) is 0 Å². The van der Waals surface area contributed by atoms with Gasteiger partial charge < -0.3 is 9.80 Å². The first-order valence-electron chi connectivity index (χ1n) is 7.86. The molecule has 4 heteroatoms. The van der Waals surface area contributed by atoms with E-state index in [-0.39, 0.29) is 5.91 Å². The number of anilines is 2. The van der Waals surface area contributed by atoms with Gasteiger partial charge in [-0.1, -0.05) is 24.3 Å². The Kier molecular flexibility index (Phi) is 4.09. The molecule has 0 spiro atoms. The van der Waals surface area contributed by atoms with Crippen molar-refractivity contribution in [3.8, 4) is 0 Å². The first-order valence-corrected chi connectivity index (χ1v) is 7.86. The summed E-state index contributed by atoms with van der Waals surface area (Å²) in [5.41, 5.74) is 3.05. The summed E-state index contributed by atoms with van der Waals surface area (Å²) in [6.45, 7) is 6.29. The maximum Gasteiger partial charge on any atom is 0.272 e. The third-order valence-electron chi connectivity index (χ3n) is 4.17. The molecule has 2 heterocycles. The van der Waals surface area contributed by atoms with E-state index in [1.165, 1.54) is 11.3 Å². The number of carbonyl (C=O) groups excluding carboxylic acids is 1. The lowest BCUT2D eigenvalue weighted by molar-refractivity contribution is 0.0767. The van der Waals surface area contributed by atoms with Gasteiger partial charge in [0.15, 0.2) is 0 Å². The van der Waals surface area contributed by atoms with E-state index < -0.39 is 0 Å². The Morgan fingerprint density at radius 2 is 1.91 bits per heavy atom. The highest BCUT2D eigenvalue weighted by Gasteiger charge is 2.22. The zero-order valence-electron chi connectivity index (χ0n) is 13.1. The number of pyridine rings is 1. The summed E-state index contributed by atoms with van der Waals surface area (Å²) in [7, 11) is 0. The van der Waals surface area contributed by atoms with Crippen LogP contribution in [-0.2, 0) is 6.42 Å². The Morgan fingerprint density at radius 3 is 2.68 bits per heavy atom. The van der Waals surface area contributed by atoms with E-state index in [4.69, 9.17) is 0 Å². The molecule has 1 amide bonds. The molecule has 0 saturated heterocycles. The number of fused-ring (bicyclic) bond motifs is 1. The number of amides is 1. The first-order chi connectivity index (χ1) is 10.7. The molecular weight excluding hydrogens is 274 g/mol. The van der Waals surface area contributed by atoms with Gasteiger partial charge in [-0.25, -0.2) is 4.98 Å². The molecule has 1 aromatic carbocycles. The number of benzene rings is 1. The van der Waals surface area contributed by atoms with Gasteiger partial charge in [0.25, 0.3) is 5.91 Å². The average molecular weight is 295 g/mol. The molecule has 0 bridgehead atoms. The number of hydrogen-bond donors (Lipinski definition) is 0. The van der Waals surface area contributed by atoms with Crippen molar-refractivity contribution in [2.75, 3.05) is 24.5 Å². The van der Waals surface area contributed by atoms with Crippen LogP contribution in [0.1, 0.15) is 29.9 Å². The summed E-state index contributed by atoms with van der Waals surface area (Å²) < 4.78 is 0. The summed E-state index contributed by atoms with van der Waals surface area (Å²) in [6, 6.07) is 14.1. The van der Waals surface area contributed by atoms with Crippen LogP contribution in [0.25, 0.3) is 0 Å². The zero-order valence-corrected chi connectivity index (χ0v) is 13.1. The lowest BCUT2D eigenvalue weighted by Crippen LogP contribution is -2.31. The third kappa shape index (κ3) is 2.56. The van der Waals surface area contributed by atoms with Crippen molar-refractivity contribution in [1.29, 1.82) is 0 Å². The van der Waals surface area contributed by atoms with Gasteiger partial charge in [-0.3, -0.25) is 4.79 Å². The lowest BCUT2D eigenvalue weighted by Gasteiger charge is -2.21. The molecule has 0 saturated carbocycles. The molecule has 114 valence electrons. The van der Waals surface area contributed by atoms with Crippen LogP contribution in [0.5, 0.6) is 0 Å². The van der Waals surface area contributed by atoms with Crippen LogP contribution >= 0.6 is 0 Å². The Morgan fingerprint density at radius 1 is 1.14 bits per heavy atom. The number of carbonyl (C=O) groups is 1. The highest BCUT2D eigenvalue weighted by Crippen LogP contribution is 2.33. The van der Waals surface area contributed by atoms with Crippen molar-refractivity contribution >= 4 is 17.4 Å². The van der Waals surface area contributed by atoms with Crippen molar-refractivity contribution < 1.29 is 4.79 Å². The molecule has 0 atom stereocenters. The highest BCUT2D eigenvalue weighted by atomic mass is 16.2. The summed E-state index contributed by atoms with van der Waals surface area (Å²) >= 11 is 0. The fraction of sp³-hybridized carbons (Fsp3) is 0.333. The number of nitrogens with zero attached hydrogens (tertiary/aromatic N) is 3. The average Bonchev–Trinajstić information content (AvgIpc) is 3.00. The van der Waals surface area contributed by atoms with Crippen LogP contribution in [0.2, 0.25) is 0 Å². The Labute approximate surface area is 131 Å². The van der Waals surface area contributed by atoms with Crippen LogP contribution in [0.4, 0.5) is 11.5 Å². The minimum absolute atomic E-state index is 0.000618. The topological polar surface area (TPSA) is 36.4 Å². The molecule has 0 N–H and O–H groups in total. The standard InChI is InChI=1S/C18H21N3O/c1-3-20(4-2)18(22)15-9-7-11-17(19-15)21-13-12-14-8-5-6-10-16(14)21/h5-11H,3-4,12-13H2,1-2H3. The normalized spacial score (nSPS) is 13.1. The summed E-state index contributed by atoms with van der Waals surface area (Å²) in [5.74, 6) is 0.849. The fourth-order valence-corrected chi connectivity index (χ4v) is 2.94. The van der Waals surface area contributed by atoms with E-state index >= 15 is 0 Å². The van der Waals surface area contributed by atoms with Crippen molar-refractivity contribution in [1.82, 2.24) is 9.88 Å². The molecule has 0 unspecified atom stereocenters. The predicted molar refractivity (Wildman–Crippen MR) is 88.6 cm³/mol. The van der Waals surface area contributed by atoms with Gasteiger partial charge in [-0.15, -0.1) is 0 Å². The van der Waals surface area contributed by atoms with Crippen LogP contribution in [-0.4, -0.2) is 35.4 Å². The monoisotopic (exact) mass is 295 g/mol. The maximum absolute atomic E-state index is 12.5. The SMILES string of the molecule is CCN(CC)C(=O)c1cccc(N2CCc3ccccc32)n1. The van der Waals surface area contributed by atoms with Crippen molar-refractivity contribution in [3.05, 3.63) is 53.7 Å². The van der Waals surface area contributed by atoms with Gasteiger partial charge in [-0.05, 0) is 44.0 Å². The summed E-state index contributed by atoms with van der Waals surface area (Å²) in [4.78, 5) is 21.1. The summed E-state index contributed by atoms with van der Waals surface area (Å²) in [6.07, 6.45) is 1.02. The first kappa shape index (κ1) is 14.6. The Hall–Kier alpha value is -2.36. The minimum Gasteiger partial charge on any atom is -0.338 e. The molecule has 1 aliphatic heterocycles. The van der Waals surface area contributed by atoms with Gasteiger partial charge >= 0.3 is 0 Å². The van der Waals surface area contributed by atoms with E-state index in [0.717, 1.165) is 18.8 Å². The second-order valence-electron chi connectivity index (χ2n) is 5.39. The molecule has 22 heavy (non-hydrogen) atoms. The van der Waals surface area contributed by atoms with Crippen LogP contribution < -0.4 is 4.90 Å². The molecule has 1 aliphatic rings. The van der Waals surface area contributed by atoms with Crippen LogP contribution in [0, 0.1) is 0 Å². The van der Waals surface area contributed by atoms with E-state index in [0.29, 0.717) is 18.8 Å². The molecule has 2 aromatic rings. The number of hydrogen-bond acceptors (Lipinski definition) is 3.